The number of unbranched alkanes of at least 4 members (excludes halogenated alkanes) is 1. The van der Waals surface area contributed by atoms with Gasteiger partial charge in [-0.3, -0.25) is 4.79 Å². The van der Waals surface area contributed by atoms with Crippen LogP contribution in [0.3, 0.4) is 0 Å². The van der Waals surface area contributed by atoms with Crippen molar-refractivity contribution in [3.63, 3.8) is 0 Å². The quantitative estimate of drug-likeness (QED) is 0.655. The Hall–Kier alpha value is -0.660. The Balaban J connectivity index is 2.39. The van der Waals surface area contributed by atoms with Crippen molar-refractivity contribution in [2.24, 2.45) is 5.73 Å². The molecule has 6 nitrogen and oxygen atoms in total. The average molecular weight is 291 g/mol. The van der Waals surface area contributed by atoms with E-state index in [1.54, 1.807) is 4.90 Å². The summed E-state index contributed by atoms with van der Waals surface area (Å²) in [6.07, 6.45) is 4.10. The van der Waals surface area contributed by atoms with Crippen LogP contribution in [0.15, 0.2) is 0 Å². The molecule has 0 aromatic rings. The molecule has 1 amide bonds. The molecule has 1 saturated heterocycles. The first-order valence-corrected chi connectivity index (χ1v) is 8.86. The van der Waals surface area contributed by atoms with Crippen LogP contribution in [0.4, 0.5) is 0 Å². The van der Waals surface area contributed by atoms with Gasteiger partial charge < -0.3 is 15.5 Å². The molecule has 1 rings (SSSR count). The van der Waals surface area contributed by atoms with Crippen molar-refractivity contribution < 1.29 is 13.2 Å². The van der Waals surface area contributed by atoms with Crippen molar-refractivity contribution in [2.45, 2.75) is 19.3 Å². The first-order chi connectivity index (χ1) is 8.92. The first kappa shape index (κ1) is 16.4. The van der Waals surface area contributed by atoms with Gasteiger partial charge in [-0.25, -0.2) is 8.42 Å². The molecule has 0 aromatic carbocycles. The molecule has 0 aromatic heterocycles. The average Bonchev–Trinajstić information content (AvgIpc) is 2.53. The third-order valence-corrected chi connectivity index (χ3v) is 4.03. The minimum Gasteiger partial charge on any atom is -0.340 e. The van der Waals surface area contributed by atoms with Crippen molar-refractivity contribution in [1.29, 1.82) is 0 Å². The summed E-state index contributed by atoms with van der Waals surface area (Å²) in [5, 5.41) is 0. The number of rotatable bonds is 6. The fraction of sp³-hybridized carbons (Fsp3) is 0.917. The maximum Gasteiger partial charge on any atom is 0.237 e. The van der Waals surface area contributed by atoms with Gasteiger partial charge in [0.05, 0.1) is 0 Å². The lowest BCUT2D eigenvalue weighted by molar-refractivity contribution is -0.128. The molecule has 2 N–H and O–H groups in total. The van der Waals surface area contributed by atoms with E-state index in [2.05, 4.69) is 4.90 Å². The van der Waals surface area contributed by atoms with Crippen LogP contribution in [-0.2, 0) is 14.6 Å². The van der Waals surface area contributed by atoms with E-state index in [1.807, 2.05) is 0 Å². The van der Waals surface area contributed by atoms with Gasteiger partial charge >= 0.3 is 0 Å². The van der Waals surface area contributed by atoms with Gasteiger partial charge in [-0.2, -0.15) is 0 Å². The molecular formula is C12H25N3O3S. The molecule has 1 heterocycles. The van der Waals surface area contributed by atoms with E-state index in [-0.39, 0.29) is 11.7 Å². The van der Waals surface area contributed by atoms with Gasteiger partial charge in [0.15, 0.2) is 9.84 Å². The Morgan fingerprint density at radius 1 is 1.16 bits per heavy atom. The van der Waals surface area contributed by atoms with Crippen LogP contribution >= 0.6 is 0 Å². The lowest BCUT2D eigenvalue weighted by Gasteiger charge is -2.21. The zero-order valence-corrected chi connectivity index (χ0v) is 12.5. The number of hydrogen-bond donors (Lipinski definition) is 1. The molecule has 112 valence electrons. The fourth-order valence-electron chi connectivity index (χ4n) is 2.24. The Kier molecular flexibility index (Phi) is 6.74. The third kappa shape index (κ3) is 6.89. The number of amides is 1. The van der Waals surface area contributed by atoms with Crippen molar-refractivity contribution in [3.8, 4) is 0 Å². The highest BCUT2D eigenvalue weighted by molar-refractivity contribution is 7.91. The molecule has 0 bridgehead atoms. The number of nitrogens with zero attached hydrogens (tertiary/aromatic N) is 2. The lowest BCUT2D eigenvalue weighted by Crippen LogP contribution is -2.38. The number of sulfone groups is 1. The number of hydrogen-bond acceptors (Lipinski definition) is 5. The summed E-state index contributed by atoms with van der Waals surface area (Å²) in [5.41, 5.74) is 5.47. The Morgan fingerprint density at radius 3 is 2.53 bits per heavy atom. The van der Waals surface area contributed by atoms with Crippen LogP contribution in [-0.4, -0.2) is 75.4 Å². The molecule has 7 heteroatoms. The van der Waals surface area contributed by atoms with Crippen molar-refractivity contribution in [3.05, 3.63) is 0 Å². The van der Waals surface area contributed by atoms with Gasteiger partial charge in [-0.05, 0) is 38.9 Å². The van der Waals surface area contributed by atoms with Crippen LogP contribution in [0, 0.1) is 0 Å². The number of carbonyl (C=O) groups is 1. The second kappa shape index (κ2) is 7.81. The zero-order valence-electron chi connectivity index (χ0n) is 11.7. The molecule has 1 aliphatic rings. The summed E-state index contributed by atoms with van der Waals surface area (Å²) in [7, 11) is -3.23. The molecular weight excluding hydrogens is 266 g/mol. The van der Waals surface area contributed by atoms with E-state index in [0.29, 0.717) is 19.6 Å². The van der Waals surface area contributed by atoms with Crippen molar-refractivity contribution in [2.75, 3.05) is 51.3 Å². The molecule has 0 aliphatic carbocycles. The molecule has 0 atom stereocenters. The van der Waals surface area contributed by atoms with Crippen LogP contribution in [0.1, 0.15) is 19.3 Å². The van der Waals surface area contributed by atoms with E-state index >= 15 is 0 Å². The second-order valence-electron chi connectivity index (χ2n) is 5.14. The van der Waals surface area contributed by atoms with E-state index in [4.69, 9.17) is 5.73 Å². The van der Waals surface area contributed by atoms with E-state index in [1.165, 1.54) is 0 Å². The molecule has 0 radical (unpaired) electrons. The van der Waals surface area contributed by atoms with Gasteiger partial charge in [0.25, 0.3) is 0 Å². The maximum absolute atomic E-state index is 11.8. The molecule has 0 unspecified atom stereocenters. The molecule has 1 fully saturated rings. The summed E-state index contributed by atoms with van der Waals surface area (Å²) in [5.74, 6) is -0.647. The molecule has 0 saturated carbocycles. The summed E-state index contributed by atoms with van der Waals surface area (Å²) < 4.78 is 22.3. The predicted octanol–water partition coefficient (Wildman–Crippen LogP) is -0.696. The minimum absolute atomic E-state index is 0.272. The Bertz CT molecular complexity index is 384. The van der Waals surface area contributed by atoms with Crippen LogP contribution < -0.4 is 5.73 Å². The molecule has 0 spiro atoms. The fourth-order valence-corrected chi connectivity index (χ4v) is 2.87. The van der Waals surface area contributed by atoms with E-state index < -0.39 is 9.84 Å². The summed E-state index contributed by atoms with van der Waals surface area (Å²) in [6.45, 7) is 4.78. The van der Waals surface area contributed by atoms with E-state index in [0.717, 1.165) is 45.2 Å². The molecule has 1 aliphatic heterocycles. The molecule has 19 heavy (non-hydrogen) atoms. The first-order valence-electron chi connectivity index (χ1n) is 6.80. The maximum atomic E-state index is 11.8. The van der Waals surface area contributed by atoms with Gasteiger partial charge in [-0.15, -0.1) is 0 Å². The number of carbonyl (C=O) groups excluding carboxylic acids is 1. The van der Waals surface area contributed by atoms with Crippen molar-refractivity contribution >= 4 is 15.7 Å². The highest BCUT2D eigenvalue weighted by atomic mass is 32.2. The Labute approximate surface area is 115 Å². The highest BCUT2D eigenvalue weighted by Gasteiger charge is 2.21. The minimum atomic E-state index is -3.23. The van der Waals surface area contributed by atoms with Gasteiger partial charge in [0, 0.05) is 25.9 Å². The SMILES string of the molecule is CS(=O)(=O)CC(=O)N1CCCN(CCCCN)CC1. The van der Waals surface area contributed by atoms with E-state index in [9.17, 15) is 13.2 Å². The van der Waals surface area contributed by atoms with Crippen LogP contribution in [0.25, 0.3) is 0 Å². The second-order valence-corrected chi connectivity index (χ2v) is 7.28. The summed E-state index contributed by atoms with van der Waals surface area (Å²) in [4.78, 5) is 15.8. The van der Waals surface area contributed by atoms with Gasteiger partial charge in [0.2, 0.25) is 5.91 Å². The predicted molar refractivity (Wildman–Crippen MR) is 75.6 cm³/mol. The monoisotopic (exact) mass is 291 g/mol. The normalized spacial score (nSPS) is 18.3. The van der Waals surface area contributed by atoms with Gasteiger partial charge in [0.1, 0.15) is 5.75 Å². The van der Waals surface area contributed by atoms with Crippen LogP contribution in [0.2, 0.25) is 0 Å². The number of nitrogens with two attached hydrogens (primary N) is 1. The zero-order chi connectivity index (χ0) is 14.3. The summed E-state index contributed by atoms with van der Waals surface area (Å²) >= 11 is 0. The van der Waals surface area contributed by atoms with Crippen LogP contribution in [0.5, 0.6) is 0 Å². The third-order valence-electron chi connectivity index (χ3n) is 3.26. The standard InChI is InChI=1S/C12H25N3O3S/c1-19(17,18)11-12(16)15-8-4-7-14(9-10-15)6-3-2-5-13/h2-11,13H2,1H3. The highest BCUT2D eigenvalue weighted by Crippen LogP contribution is 2.05. The smallest absolute Gasteiger partial charge is 0.237 e. The Morgan fingerprint density at radius 2 is 1.89 bits per heavy atom. The topological polar surface area (TPSA) is 83.7 Å². The van der Waals surface area contributed by atoms with Gasteiger partial charge in [-0.1, -0.05) is 0 Å². The summed E-state index contributed by atoms with van der Waals surface area (Å²) in [6, 6.07) is 0. The largest absolute Gasteiger partial charge is 0.340 e. The lowest BCUT2D eigenvalue weighted by atomic mass is 10.3. The van der Waals surface area contributed by atoms with Crippen molar-refractivity contribution in [1.82, 2.24) is 9.80 Å².